The smallest absolute Gasteiger partial charge is 0.337 e. The van der Waals surface area contributed by atoms with Crippen LogP contribution in [0.3, 0.4) is 0 Å². The molecule has 0 unspecified atom stereocenters. The molecule has 2 aliphatic rings. The number of benzene rings is 3. The van der Waals surface area contributed by atoms with Crippen LogP contribution in [-0.4, -0.2) is 38.9 Å². The SMILES string of the molecule is Cc1ccc([C@H]2c3[nH]c4ccccc4c3C[C@H]3C(=O)N(c4ccccc4C(=O)O)C(=O)N23)cc1. The number of carboxylic acid groups (broad SMARTS) is 1. The zero-order chi connectivity index (χ0) is 23.6. The number of amides is 3. The monoisotopic (exact) mass is 451 g/mol. The highest BCUT2D eigenvalue weighted by molar-refractivity contribution is 6.23. The summed E-state index contributed by atoms with van der Waals surface area (Å²) in [5, 5.41) is 10.7. The van der Waals surface area contributed by atoms with Gasteiger partial charge in [-0.2, -0.15) is 0 Å². The molecule has 0 radical (unpaired) electrons. The first kappa shape index (κ1) is 20.2. The van der Waals surface area contributed by atoms with Crippen molar-refractivity contribution < 1.29 is 19.5 Å². The van der Waals surface area contributed by atoms with Crippen LogP contribution in [-0.2, 0) is 11.2 Å². The van der Waals surface area contributed by atoms with Crippen molar-refractivity contribution in [2.75, 3.05) is 4.90 Å². The van der Waals surface area contributed by atoms with Gasteiger partial charge < -0.3 is 10.1 Å². The number of imide groups is 1. The number of urea groups is 1. The van der Waals surface area contributed by atoms with Crippen LogP contribution in [0.25, 0.3) is 10.9 Å². The number of para-hydroxylation sites is 2. The van der Waals surface area contributed by atoms with Crippen LogP contribution in [0.4, 0.5) is 10.5 Å². The number of carboxylic acids is 1. The molecule has 34 heavy (non-hydrogen) atoms. The first-order valence-corrected chi connectivity index (χ1v) is 11.1. The summed E-state index contributed by atoms with van der Waals surface area (Å²) in [6, 6.07) is 20.2. The third kappa shape index (κ3) is 2.80. The lowest BCUT2D eigenvalue weighted by Crippen LogP contribution is -2.44. The van der Waals surface area contributed by atoms with Gasteiger partial charge in [0.05, 0.1) is 11.3 Å². The van der Waals surface area contributed by atoms with Crippen LogP contribution in [0.1, 0.15) is 38.8 Å². The minimum absolute atomic E-state index is 0.0834. The van der Waals surface area contributed by atoms with Crippen molar-refractivity contribution in [3.63, 3.8) is 0 Å². The standard InChI is InChI=1S/C27H21N3O4/c1-15-10-12-16(13-11-15)24-23-19(17-6-2-4-8-20(17)28-23)14-22-25(31)30(27(34)29(22)24)21-9-5-3-7-18(21)26(32)33/h2-13,22,24,28H,14H2,1H3,(H,32,33)/t22-,24-/m0/s1. The number of H-pyrrole nitrogens is 1. The molecular formula is C27H21N3O4. The van der Waals surface area contributed by atoms with Gasteiger partial charge in [0, 0.05) is 23.0 Å². The molecule has 0 saturated carbocycles. The van der Waals surface area contributed by atoms with Gasteiger partial charge in [0.2, 0.25) is 0 Å². The number of rotatable bonds is 3. The number of hydrogen-bond donors (Lipinski definition) is 2. The molecule has 0 spiro atoms. The third-order valence-electron chi connectivity index (χ3n) is 6.82. The molecule has 2 aliphatic heterocycles. The highest BCUT2D eigenvalue weighted by Crippen LogP contribution is 2.45. The summed E-state index contributed by atoms with van der Waals surface area (Å²) in [6.45, 7) is 2.00. The second kappa shape index (κ2) is 7.31. The summed E-state index contributed by atoms with van der Waals surface area (Å²) >= 11 is 0. The number of fused-ring (bicyclic) bond motifs is 4. The number of aromatic carboxylic acids is 1. The van der Waals surface area contributed by atoms with Crippen molar-refractivity contribution in [2.45, 2.75) is 25.4 Å². The Morgan fingerprint density at radius 1 is 0.971 bits per heavy atom. The highest BCUT2D eigenvalue weighted by atomic mass is 16.4. The van der Waals surface area contributed by atoms with Crippen molar-refractivity contribution in [1.82, 2.24) is 9.88 Å². The Labute approximate surface area is 195 Å². The zero-order valence-electron chi connectivity index (χ0n) is 18.4. The lowest BCUT2D eigenvalue weighted by molar-refractivity contribution is -0.120. The molecule has 3 amide bonds. The summed E-state index contributed by atoms with van der Waals surface area (Å²) in [5.74, 6) is -1.60. The van der Waals surface area contributed by atoms with E-state index in [1.54, 1.807) is 17.0 Å². The minimum atomic E-state index is -1.19. The van der Waals surface area contributed by atoms with Gasteiger partial charge >= 0.3 is 12.0 Å². The summed E-state index contributed by atoms with van der Waals surface area (Å²) < 4.78 is 0. The molecule has 1 aromatic heterocycles. The molecule has 7 nitrogen and oxygen atoms in total. The van der Waals surface area contributed by atoms with Crippen LogP contribution in [0.15, 0.2) is 72.8 Å². The maximum absolute atomic E-state index is 13.8. The van der Waals surface area contributed by atoms with E-state index in [1.807, 2.05) is 55.5 Å². The average molecular weight is 451 g/mol. The molecule has 4 aromatic rings. The Morgan fingerprint density at radius 3 is 2.44 bits per heavy atom. The Balaban J connectivity index is 1.55. The van der Waals surface area contributed by atoms with Crippen molar-refractivity contribution in [1.29, 1.82) is 0 Å². The zero-order valence-corrected chi connectivity index (χ0v) is 18.4. The first-order chi connectivity index (χ1) is 16.5. The largest absolute Gasteiger partial charge is 0.478 e. The number of aryl methyl sites for hydroxylation is 1. The number of carbonyl (C=O) groups is 3. The fourth-order valence-corrected chi connectivity index (χ4v) is 5.24. The van der Waals surface area contributed by atoms with E-state index in [1.165, 1.54) is 12.1 Å². The van der Waals surface area contributed by atoms with E-state index in [-0.39, 0.29) is 11.3 Å². The molecule has 1 fully saturated rings. The molecule has 1 saturated heterocycles. The lowest BCUT2D eigenvalue weighted by Gasteiger charge is -2.36. The van der Waals surface area contributed by atoms with Crippen molar-refractivity contribution in [2.24, 2.45) is 0 Å². The van der Waals surface area contributed by atoms with E-state index in [4.69, 9.17) is 0 Å². The van der Waals surface area contributed by atoms with E-state index in [0.29, 0.717) is 6.42 Å². The molecule has 3 heterocycles. The Morgan fingerprint density at radius 2 is 1.68 bits per heavy atom. The molecular weight excluding hydrogens is 430 g/mol. The maximum Gasteiger partial charge on any atom is 0.337 e. The molecule has 7 heteroatoms. The first-order valence-electron chi connectivity index (χ1n) is 11.1. The number of anilines is 1. The van der Waals surface area contributed by atoms with Gasteiger partial charge in [0.15, 0.2) is 0 Å². The molecule has 168 valence electrons. The van der Waals surface area contributed by atoms with Crippen LogP contribution in [0, 0.1) is 6.92 Å². The van der Waals surface area contributed by atoms with Gasteiger partial charge in [-0.1, -0.05) is 60.2 Å². The normalized spacial score (nSPS) is 19.4. The minimum Gasteiger partial charge on any atom is -0.478 e. The van der Waals surface area contributed by atoms with Gasteiger partial charge in [-0.3, -0.25) is 9.69 Å². The van der Waals surface area contributed by atoms with E-state index in [2.05, 4.69) is 4.98 Å². The second-order valence-electron chi connectivity index (χ2n) is 8.78. The van der Waals surface area contributed by atoms with E-state index >= 15 is 0 Å². The summed E-state index contributed by atoms with van der Waals surface area (Å²) in [6.07, 6.45) is 0.359. The fraction of sp³-hybridized carbons (Fsp3) is 0.148. The molecule has 6 rings (SSSR count). The number of nitrogens with zero attached hydrogens (tertiary/aromatic N) is 2. The Kier molecular flexibility index (Phi) is 4.35. The van der Waals surface area contributed by atoms with Crippen LogP contribution >= 0.6 is 0 Å². The topological polar surface area (TPSA) is 93.7 Å². The molecule has 2 atom stereocenters. The maximum atomic E-state index is 13.8. The van der Waals surface area contributed by atoms with Gasteiger partial charge in [-0.25, -0.2) is 14.5 Å². The number of nitrogens with one attached hydrogen (secondary N) is 1. The number of hydrogen-bond acceptors (Lipinski definition) is 3. The van der Waals surface area contributed by atoms with Crippen molar-refractivity contribution in [3.8, 4) is 0 Å². The quantitative estimate of drug-likeness (QED) is 0.443. The van der Waals surface area contributed by atoms with Crippen molar-refractivity contribution in [3.05, 3.63) is 101 Å². The van der Waals surface area contributed by atoms with Crippen LogP contribution in [0.5, 0.6) is 0 Å². The molecule has 3 aromatic carbocycles. The predicted octanol–water partition coefficient (Wildman–Crippen LogP) is 4.66. The van der Waals surface area contributed by atoms with E-state index < -0.39 is 30.0 Å². The second-order valence-corrected chi connectivity index (χ2v) is 8.78. The number of aromatic nitrogens is 1. The number of carbonyl (C=O) groups excluding carboxylic acids is 2. The highest BCUT2D eigenvalue weighted by Gasteiger charge is 2.53. The molecule has 2 N–H and O–H groups in total. The third-order valence-corrected chi connectivity index (χ3v) is 6.82. The summed E-state index contributed by atoms with van der Waals surface area (Å²) in [5.41, 5.74) is 4.84. The Bertz CT molecular complexity index is 1490. The van der Waals surface area contributed by atoms with Gasteiger partial charge in [0.1, 0.15) is 12.1 Å². The predicted molar refractivity (Wildman–Crippen MR) is 127 cm³/mol. The van der Waals surface area contributed by atoms with E-state index in [0.717, 1.165) is 38.2 Å². The van der Waals surface area contributed by atoms with Gasteiger partial charge in [-0.15, -0.1) is 0 Å². The van der Waals surface area contributed by atoms with E-state index in [9.17, 15) is 19.5 Å². The molecule has 0 aliphatic carbocycles. The van der Waals surface area contributed by atoms with Crippen LogP contribution in [0.2, 0.25) is 0 Å². The lowest BCUT2D eigenvalue weighted by atomic mass is 9.88. The summed E-state index contributed by atoms with van der Waals surface area (Å²) in [4.78, 5) is 45.5. The van der Waals surface area contributed by atoms with Gasteiger partial charge in [-0.05, 0) is 36.2 Å². The Hall–Kier alpha value is -4.39. The fourth-order valence-electron chi connectivity index (χ4n) is 5.24. The number of aromatic amines is 1. The molecule has 0 bridgehead atoms. The van der Waals surface area contributed by atoms with Crippen LogP contribution < -0.4 is 4.90 Å². The average Bonchev–Trinajstić information content (AvgIpc) is 3.33. The summed E-state index contributed by atoms with van der Waals surface area (Å²) in [7, 11) is 0. The van der Waals surface area contributed by atoms with Gasteiger partial charge in [0.25, 0.3) is 5.91 Å². The van der Waals surface area contributed by atoms with Crippen molar-refractivity contribution >= 4 is 34.5 Å².